The maximum Gasteiger partial charge on any atom is 0.252 e. The Hall–Kier alpha value is -5.14. The third kappa shape index (κ3) is 14.2. The molecule has 0 spiro atoms. The van der Waals surface area contributed by atoms with Gasteiger partial charge in [0.2, 0.25) is 5.91 Å². The highest BCUT2D eigenvalue weighted by Gasteiger charge is 2.08. The van der Waals surface area contributed by atoms with Crippen molar-refractivity contribution < 1.29 is 27.1 Å². The minimum absolute atomic E-state index is 0.0167. The van der Waals surface area contributed by atoms with Gasteiger partial charge in [-0.3, -0.25) is 15.0 Å². The smallest absolute Gasteiger partial charge is 0.252 e. The minimum atomic E-state index is -4.64. The number of unbranched alkanes of at least 4 members (excludes halogenated alkanes) is 7. The molecule has 0 fully saturated rings. The van der Waals surface area contributed by atoms with Crippen molar-refractivity contribution in [2.24, 2.45) is 5.10 Å². The molecule has 0 unspecified atom stereocenters. The zero-order chi connectivity index (χ0) is 37.0. The SMILES string of the molecule is CNc1ccc(C[n+]2ccc(CCCCCCCCCCC(=O)NCCNC(=O)c3ccc(N/N=C\c4ccccc4S(=O)(=O)[O-])nc3)cc2)cc1. The molecule has 0 bridgehead atoms. The van der Waals surface area contributed by atoms with Crippen LogP contribution in [0.25, 0.3) is 0 Å². The van der Waals surface area contributed by atoms with Crippen LogP contribution in [0.4, 0.5) is 11.5 Å². The molecule has 2 aromatic carbocycles. The molecule has 0 saturated heterocycles. The normalized spacial score (nSPS) is 11.3. The minimum Gasteiger partial charge on any atom is -0.744 e. The van der Waals surface area contributed by atoms with E-state index in [1.807, 2.05) is 7.05 Å². The Balaban J connectivity index is 0.972. The first-order chi connectivity index (χ1) is 25.2. The summed E-state index contributed by atoms with van der Waals surface area (Å²) in [5.41, 5.74) is 6.89. The lowest BCUT2D eigenvalue weighted by Gasteiger charge is -2.09. The Morgan fingerprint density at radius 3 is 2.15 bits per heavy atom. The number of carbonyl (C=O) groups is 2. The number of hydrogen-bond acceptors (Lipinski definition) is 9. The van der Waals surface area contributed by atoms with Gasteiger partial charge in [-0.2, -0.15) is 5.10 Å². The average Bonchev–Trinajstić information content (AvgIpc) is 3.15. The van der Waals surface area contributed by atoms with Gasteiger partial charge >= 0.3 is 0 Å². The van der Waals surface area contributed by atoms with E-state index >= 15 is 0 Å². The molecule has 4 N–H and O–H groups in total. The van der Waals surface area contributed by atoms with Crippen molar-refractivity contribution in [2.45, 2.75) is 75.6 Å². The number of rotatable bonds is 22. The molecule has 0 saturated carbocycles. The number of nitrogens with zero attached hydrogens (tertiary/aromatic N) is 3. The van der Waals surface area contributed by atoms with Gasteiger partial charge in [0.05, 0.1) is 16.7 Å². The number of amides is 2. The predicted octanol–water partition coefficient (Wildman–Crippen LogP) is 5.41. The highest BCUT2D eigenvalue weighted by Crippen LogP contribution is 2.14. The Bertz CT molecular complexity index is 1830. The number of hydrogen-bond donors (Lipinski definition) is 4. The lowest BCUT2D eigenvalue weighted by atomic mass is 10.0. The molecular formula is C39H49N7O5S. The quantitative estimate of drug-likeness (QED) is 0.0274. The van der Waals surface area contributed by atoms with Crippen LogP contribution in [0.3, 0.4) is 0 Å². The molecule has 276 valence electrons. The summed E-state index contributed by atoms with van der Waals surface area (Å²) in [5.74, 6) is -0.0298. The van der Waals surface area contributed by atoms with E-state index in [0.29, 0.717) is 24.3 Å². The highest BCUT2D eigenvalue weighted by atomic mass is 32.2. The fraction of sp³-hybridized carbons (Fsp3) is 0.359. The Labute approximate surface area is 306 Å². The monoisotopic (exact) mass is 727 g/mol. The van der Waals surface area contributed by atoms with Crippen LogP contribution in [0.5, 0.6) is 0 Å². The molecule has 4 aromatic rings. The van der Waals surface area contributed by atoms with Crippen molar-refractivity contribution >= 4 is 39.7 Å². The Morgan fingerprint density at radius 2 is 1.48 bits per heavy atom. The van der Waals surface area contributed by atoms with Crippen molar-refractivity contribution in [3.05, 3.63) is 114 Å². The predicted molar refractivity (Wildman–Crippen MR) is 202 cm³/mol. The largest absolute Gasteiger partial charge is 0.744 e. The summed E-state index contributed by atoms with van der Waals surface area (Å²) in [6.45, 7) is 1.49. The molecule has 52 heavy (non-hydrogen) atoms. The van der Waals surface area contributed by atoms with Crippen LogP contribution in [0.15, 0.2) is 101 Å². The van der Waals surface area contributed by atoms with Crippen molar-refractivity contribution in [3.8, 4) is 0 Å². The van der Waals surface area contributed by atoms with Crippen LogP contribution in [0, 0.1) is 0 Å². The van der Waals surface area contributed by atoms with Gasteiger partial charge in [0.25, 0.3) is 5.91 Å². The molecule has 0 aliphatic rings. The standard InChI is InChI=1S/C39H49N7O5S/c1-40-35-19-16-32(17-20-35)30-46-26-22-31(23-27-46)12-8-6-4-2-3-5-7-9-15-38(47)41-24-25-42-39(48)34-18-21-37(43-28-34)45-44-29-33-13-10-11-14-36(33)52(49,50)51/h10-11,13-14,16-23,26-29,40H,2-9,12,15,24-25,30H2,1H3,(H3-,41,42,43,45,47,48,49,50,51)/b44-29-. The summed E-state index contributed by atoms with van der Waals surface area (Å²) in [5, 5.41) is 12.7. The Morgan fingerprint density at radius 1 is 0.808 bits per heavy atom. The van der Waals surface area contributed by atoms with Crippen LogP contribution >= 0.6 is 0 Å². The van der Waals surface area contributed by atoms with Gasteiger partial charge in [-0.05, 0) is 55.2 Å². The first-order valence-electron chi connectivity index (χ1n) is 17.8. The van der Waals surface area contributed by atoms with E-state index < -0.39 is 10.1 Å². The zero-order valence-electron chi connectivity index (χ0n) is 29.7. The van der Waals surface area contributed by atoms with Crippen LogP contribution in [0.2, 0.25) is 0 Å². The fourth-order valence-electron chi connectivity index (χ4n) is 5.57. The second-order valence-electron chi connectivity index (χ2n) is 12.6. The van der Waals surface area contributed by atoms with Gasteiger partial charge in [0.15, 0.2) is 18.9 Å². The van der Waals surface area contributed by atoms with Crippen LogP contribution < -0.4 is 25.9 Å². The van der Waals surface area contributed by atoms with Gasteiger partial charge in [-0.15, -0.1) is 0 Å². The molecule has 0 radical (unpaired) electrons. The number of anilines is 2. The summed E-state index contributed by atoms with van der Waals surface area (Å²) >= 11 is 0. The maximum absolute atomic E-state index is 12.4. The maximum atomic E-state index is 12.4. The van der Waals surface area contributed by atoms with E-state index in [-0.39, 0.29) is 28.8 Å². The van der Waals surface area contributed by atoms with Crippen molar-refractivity contribution in [2.75, 3.05) is 30.9 Å². The molecule has 2 aromatic heterocycles. The molecule has 2 amide bonds. The summed E-state index contributed by atoms with van der Waals surface area (Å²) in [7, 11) is -2.71. The lowest BCUT2D eigenvalue weighted by molar-refractivity contribution is -0.688. The van der Waals surface area contributed by atoms with Gasteiger partial charge in [0, 0.05) is 61.7 Å². The summed E-state index contributed by atoms with van der Waals surface area (Å²) in [6.07, 6.45) is 17.6. The molecule has 13 heteroatoms. The van der Waals surface area contributed by atoms with Crippen molar-refractivity contribution in [1.29, 1.82) is 0 Å². The first-order valence-corrected chi connectivity index (χ1v) is 19.2. The summed E-state index contributed by atoms with van der Waals surface area (Å²) < 4.78 is 36.4. The zero-order valence-corrected chi connectivity index (χ0v) is 30.5. The second-order valence-corrected chi connectivity index (χ2v) is 13.9. The number of nitrogens with one attached hydrogen (secondary N) is 4. The van der Waals surface area contributed by atoms with Gasteiger partial charge < -0.3 is 20.5 Å². The van der Waals surface area contributed by atoms with Crippen molar-refractivity contribution in [3.63, 3.8) is 0 Å². The summed E-state index contributed by atoms with van der Waals surface area (Å²) in [4.78, 5) is 28.4. The first kappa shape index (κ1) is 39.6. The summed E-state index contributed by atoms with van der Waals surface area (Å²) in [6, 6.07) is 21.8. The van der Waals surface area contributed by atoms with E-state index in [1.54, 1.807) is 12.1 Å². The molecule has 0 aliphatic carbocycles. The lowest BCUT2D eigenvalue weighted by Crippen LogP contribution is -2.34. The number of benzene rings is 2. The van der Waals surface area contributed by atoms with E-state index in [9.17, 15) is 22.6 Å². The number of hydrazone groups is 1. The third-order valence-corrected chi connectivity index (χ3v) is 9.43. The van der Waals surface area contributed by atoms with Crippen LogP contribution in [-0.4, -0.2) is 56.1 Å². The molecular weight excluding hydrogens is 679 g/mol. The molecule has 0 aliphatic heterocycles. The van der Waals surface area contributed by atoms with E-state index in [4.69, 9.17) is 0 Å². The number of pyridine rings is 2. The molecule has 0 atom stereocenters. The second kappa shape index (κ2) is 21.3. The van der Waals surface area contributed by atoms with Gasteiger partial charge in [-0.1, -0.05) is 68.9 Å². The van der Waals surface area contributed by atoms with E-state index in [1.165, 1.54) is 79.9 Å². The number of carbonyl (C=O) groups excluding carboxylic acids is 2. The van der Waals surface area contributed by atoms with Crippen LogP contribution in [0.1, 0.15) is 84.8 Å². The Kier molecular flexibility index (Phi) is 16.2. The fourth-order valence-corrected chi connectivity index (χ4v) is 6.22. The van der Waals surface area contributed by atoms with Gasteiger partial charge in [-0.25, -0.2) is 18.0 Å². The third-order valence-electron chi connectivity index (χ3n) is 8.52. The van der Waals surface area contributed by atoms with Crippen LogP contribution in [-0.2, 0) is 27.9 Å². The van der Waals surface area contributed by atoms with Crippen molar-refractivity contribution in [1.82, 2.24) is 15.6 Å². The van der Waals surface area contributed by atoms with Gasteiger partial charge in [0.1, 0.15) is 15.9 Å². The molecule has 4 rings (SSSR count). The van der Waals surface area contributed by atoms with E-state index in [2.05, 4.69) is 84.8 Å². The molecule has 12 nitrogen and oxygen atoms in total. The van der Waals surface area contributed by atoms with E-state index in [0.717, 1.165) is 37.9 Å². The highest BCUT2D eigenvalue weighted by molar-refractivity contribution is 7.85. The topological polar surface area (TPSA) is 169 Å². The molecule has 2 heterocycles. The number of aryl methyl sites for hydroxylation is 1. The number of aromatic nitrogens is 2. The average molecular weight is 728 g/mol.